The molecule has 0 spiro atoms. The lowest BCUT2D eigenvalue weighted by Crippen LogP contribution is -2.22. The molecule has 0 bridgehead atoms. The Morgan fingerprint density at radius 1 is 1.19 bits per heavy atom. The quantitative estimate of drug-likeness (QED) is 0.546. The van der Waals surface area contributed by atoms with Gasteiger partial charge >= 0.3 is 0 Å². The van der Waals surface area contributed by atoms with Gasteiger partial charge in [-0.2, -0.15) is 4.98 Å². The average molecular weight is 354 g/mol. The first kappa shape index (κ1) is 18.1. The van der Waals surface area contributed by atoms with E-state index in [1.165, 1.54) is 0 Å². The minimum Gasteiger partial charge on any atom is -0.396 e. The Bertz CT molecular complexity index is 833. The first-order valence-corrected chi connectivity index (χ1v) is 9.10. The number of nitrogens with zero attached hydrogens (tertiary/aromatic N) is 4. The van der Waals surface area contributed by atoms with E-state index in [9.17, 15) is 5.11 Å². The maximum atomic E-state index is 9.38. The number of pyridine rings is 1. The van der Waals surface area contributed by atoms with Crippen LogP contribution < -0.4 is 11.1 Å². The molecule has 138 valence electrons. The molecule has 0 radical (unpaired) electrons. The third-order valence-corrected chi connectivity index (χ3v) is 4.45. The van der Waals surface area contributed by atoms with Gasteiger partial charge in [0.1, 0.15) is 5.52 Å². The number of fused-ring (bicyclic) bond motifs is 1. The van der Waals surface area contributed by atoms with Gasteiger partial charge in [-0.25, -0.2) is 4.98 Å². The Balaban J connectivity index is 1.93. The normalized spacial score (nSPS) is 12.4. The maximum Gasteiger partial charge on any atom is 0.222 e. The van der Waals surface area contributed by atoms with E-state index in [0.717, 1.165) is 41.7 Å². The second kappa shape index (κ2) is 8.62. The summed E-state index contributed by atoms with van der Waals surface area (Å²) < 4.78 is 2.11. The van der Waals surface area contributed by atoms with Crippen molar-refractivity contribution in [2.24, 2.45) is 0 Å². The molecule has 3 aromatic rings. The van der Waals surface area contributed by atoms with E-state index < -0.39 is 0 Å². The third-order valence-electron chi connectivity index (χ3n) is 4.45. The monoisotopic (exact) mass is 354 g/mol. The van der Waals surface area contributed by atoms with Crippen molar-refractivity contribution >= 4 is 22.8 Å². The summed E-state index contributed by atoms with van der Waals surface area (Å²) in [6, 6.07) is 6.09. The summed E-state index contributed by atoms with van der Waals surface area (Å²) in [5.74, 6) is 0.973. The SMILES string of the molecule is CCCCC(CCO)Nc1nc(N)nc2ccn(Cc3ccncc3)c12. The van der Waals surface area contributed by atoms with Gasteiger partial charge in [0.25, 0.3) is 0 Å². The largest absolute Gasteiger partial charge is 0.396 e. The number of hydrogen-bond donors (Lipinski definition) is 3. The van der Waals surface area contributed by atoms with Crippen LogP contribution in [0.3, 0.4) is 0 Å². The molecule has 7 heteroatoms. The smallest absolute Gasteiger partial charge is 0.222 e. The first-order chi connectivity index (χ1) is 12.7. The van der Waals surface area contributed by atoms with Crippen LogP contribution >= 0.6 is 0 Å². The van der Waals surface area contributed by atoms with Crippen LogP contribution in [0, 0.1) is 0 Å². The number of anilines is 2. The molecular formula is C19H26N6O. The molecule has 0 saturated heterocycles. The Morgan fingerprint density at radius 3 is 2.73 bits per heavy atom. The van der Waals surface area contributed by atoms with Crippen LogP contribution in [-0.4, -0.2) is 37.3 Å². The molecule has 0 fully saturated rings. The van der Waals surface area contributed by atoms with E-state index >= 15 is 0 Å². The number of aliphatic hydroxyl groups excluding tert-OH is 1. The molecule has 3 heterocycles. The highest BCUT2D eigenvalue weighted by atomic mass is 16.3. The molecule has 0 amide bonds. The van der Waals surface area contributed by atoms with Crippen molar-refractivity contribution in [2.45, 2.75) is 45.2 Å². The van der Waals surface area contributed by atoms with Crippen LogP contribution in [0.4, 0.5) is 11.8 Å². The summed E-state index contributed by atoms with van der Waals surface area (Å²) in [7, 11) is 0. The number of nitrogens with two attached hydrogens (primary N) is 1. The topological polar surface area (TPSA) is 102 Å². The lowest BCUT2D eigenvalue weighted by Gasteiger charge is -2.19. The molecule has 7 nitrogen and oxygen atoms in total. The molecule has 0 aliphatic carbocycles. The molecule has 0 aliphatic rings. The molecule has 3 aromatic heterocycles. The highest BCUT2D eigenvalue weighted by Crippen LogP contribution is 2.25. The Morgan fingerprint density at radius 2 is 2.00 bits per heavy atom. The predicted octanol–water partition coefficient (Wildman–Crippen LogP) is 2.81. The van der Waals surface area contributed by atoms with Gasteiger partial charge in [0.05, 0.1) is 5.52 Å². The van der Waals surface area contributed by atoms with Crippen LogP contribution in [0.5, 0.6) is 0 Å². The molecule has 0 saturated carbocycles. The van der Waals surface area contributed by atoms with Gasteiger partial charge in [-0.05, 0) is 36.6 Å². The molecule has 1 atom stereocenters. The van der Waals surface area contributed by atoms with Gasteiger partial charge in [0.2, 0.25) is 5.95 Å². The highest BCUT2D eigenvalue weighted by Gasteiger charge is 2.15. The van der Waals surface area contributed by atoms with E-state index in [-0.39, 0.29) is 18.6 Å². The number of unbranched alkanes of at least 4 members (excludes halogenated alkanes) is 1. The lowest BCUT2D eigenvalue weighted by molar-refractivity contribution is 0.276. The molecular weight excluding hydrogens is 328 g/mol. The zero-order chi connectivity index (χ0) is 18.4. The summed E-state index contributed by atoms with van der Waals surface area (Å²) in [6.07, 6.45) is 9.44. The minimum absolute atomic E-state index is 0.142. The van der Waals surface area contributed by atoms with E-state index in [1.807, 2.05) is 24.4 Å². The van der Waals surface area contributed by atoms with Crippen molar-refractivity contribution in [3.05, 3.63) is 42.4 Å². The summed E-state index contributed by atoms with van der Waals surface area (Å²) in [6.45, 7) is 3.01. The Kier molecular flexibility index (Phi) is 6.01. The molecule has 26 heavy (non-hydrogen) atoms. The van der Waals surface area contributed by atoms with Crippen molar-refractivity contribution in [1.82, 2.24) is 19.5 Å². The van der Waals surface area contributed by atoms with E-state index in [4.69, 9.17) is 5.73 Å². The van der Waals surface area contributed by atoms with Crippen molar-refractivity contribution < 1.29 is 5.11 Å². The van der Waals surface area contributed by atoms with Crippen LogP contribution in [-0.2, 0) is 6.54 Å². The predicted molar refractivity (Wildman–Crippen MR) is 104 cm³/mol. The van der Waals surface area contributed by atoms with Crippen LogP contribution in [0.2, 0.25) is 0 Å². The maximum absolute atomic E-state index is 9.38. The number of rotatable bonds is 9. The standard InChI is InChI=1S/C19H26N6O/c1-2-3-4-15(8-12-26)22-18-17-16(23-19(20)24-18)7-11-25(17)13-14-5-9-21-10-6-14/h5-7,9-11,15,26H,2-4,8,12-13H2,1H3,(H3,20,22,23,24). The third kappa shape index (κ3) is 4.29. The first-order valence-electron chi connectivity index (χ1n) is 9.10. The van der Waals surface area contributed by atoms with Gasteiger partial charge in [-0.1, -0.05) is 19.8 Å². The van der Waals surface area contributed by atoms with Crippen molar-refractivity contribution in [3.63, 3.8) is 0 Å². The van der Waals surface area contributed by atoms with Crippen molar-refractivity contribution in [3.8, 4) is 0 Å². The zero-order valence-electron chi connectivity index (χ0n) is 15.1. The second-order valence-electron chi connectivity index (χ2n) is 6.46. The van der Waals surface area contributed by atoms with E-state index in [1.54, 1.807) is 12.4 Å². The fourth-order valence-corrected chi connectivity index (χ4v) is 3.13. The lowest BCUT2D eigenvalue weighted by atomic mass is 10.1. The van der Waals surface area contributed by atoms with Gasteiger partial charge in [-0.3, -0.25) is 4.98 Å². The van der Waals surface area contributed by atoms with Crippen LogP contribution in [0.25, 0.3) is 11.0 Å². The fraction of sp³-hybridized carbons (Fsp3) is 0.421. The Hall–Kier alpha value is -2.67. The summed E-state index contributed by atoms with van der Waals surface area (Å²) >= 11 is 0. The van der Waals surface area contributed by atoms with E-state index in [2.05, 4.69) is 31.8 Å². The molecule has 4 N–H and O–H groups in total. The van der Waals surface area contributed by atoms with Crippen molar-refractivity contribution in [2.75, 3.05) is 17.7 Å². The number of nitrogens with one attached hydrogen (secondary N) is 1. The van der Waals surface area contributed by atoms with Crippen LogP contribution in [0.15, 0.2) is 36.8 Å². The zero-order valence-corrected chi connectivity index (χ0v) is 15.1. The molecule has 1 unspecified atom stereocenters. The number of aromatic nitrogens is 4. The number of aliphatic hydroxyl groups is 1. The second-order valence-corrected chi connectivity index (χ2v) is 6.46. The highest BCUT2D eigenvalue weighted by molar-refractivity contribution is 5.87. The average Bonchev–Trinajstić information content (AvgIpc) is 3.03. The summed E-state index contributed by atoms with van der Waals surface area (Å²) in [5, 5.41) is 12.9. The number of nitrogen functional groups attached to an aromatic ring is 1. The Labute approximate surface area is 153 Å². The molecule has 3 rings (SSSR count). The van der Waals surface area contributed by atoms with E-state index in [0.29, 0.717) is 13.0 Å². The molecule has 0 aromatic carbocycles. The summed E-state index contributed by atoms with van der Waals surface area (Å²) in [5.41, 5.74) is 8.80. The van der Waals surface area contributed by atoms with Crippen molar-refractivity contribution in [1.29, 1.82) is 0 Å². The van der Waals surface area contributed by atoms with Gasteiger partial charge < -0.3 is 20.7 Å². The van der Waals surface area contributed by atoms with Gasteiger partial charge in [-0.15, -0.1) is 0 Å². The minimum atomic E-state index is 0.142. The van der Waals surface area contributed by atoms with Gasteiger partial charge in [0.15, 0.2) is 5.82 Å². The number of hydrogen-bond acceptors (Lipinski definition) is 6. The van der Waals surface area contributed by atoms with Crippen LogP contribution in [0.1, 0.15) is 38.2 Å². The summed E-state index contributed by atoms with van der Waals surface area (Å²) in [4.78, 5) is 12.9. The molecule has 0 aliphatic heterocycles. The van der Waals surface area contributed by atoms with Gasteiger partial charge in [0, 0.05) is 37.8 Å². The fourth-order valence-electron chi connectivity index (χ4n) is 3.13.